The minimum Gasteiger partial charge on any atom is -0.508 e. The summed E-state index contributed by atoms with van der Waals surface area (Å²) in [5, 5.41) is 14.5. The van der Waals surface area contributed by atoms with E-state index in [4.69, 9.17) is 5.11 Å². The number of nitrogens with one attached hydrogen (secondary N) is 2. The molecule has 3 N–H and O–H groups in total. The Labute approximate surface area is 113 Å². The highest BCUT2D eigenvalue weighted by atomic mass is 16.3. The molecule has 0 unspecified atom stereocenters. The third-order valence-corrected chi connectivity index (χ3v) is 2.63. The first-order valence-corrected chi connectivity index (χ1v) is 6.37. The van der Waals surface area contributed by atoms with E-state index in [0.717, 1.165) is 18.4 Å². The first-order chi connectivity index (χ1) is 9.08. The molecule has 0 aromatic heterocycles. The summed E-state index contributed by atoms with van der Waals surface area (Å²) in [6, 6.07) is 7.05. The summed E-state index contributed by atoms with van der Waals surface area (Å²) in [4.78, 5) is 22.0. The van der Waals surface area contributed by atoms with E-state index < -0.39 is 0 Å². The molecule has 104 valence electrons. The van der Waals surface area contributed by atoms with Gasteiger partial charge in [0, 0.05) is 26.4 Å². The first kappa shape index (κ1) is 15.0. The maximum Gasteiger partial charge on any atom is 0.221 e. The van der Waals surface area contributed by atoms with Gasteiger partial charge in [-0.1, -0.05) is 12.1 Å². The Kier molecular flexibility index (Phi) is 6.43. The number of phenols is 1. The lowest BCUT2D eigenvalue weighted by Gasteiger charge is -2.06. The molecular weight excluding hydrogens is 244 g/mol. The van der Waals surface area contributed by atoms with Gasteiger partial charge in [0.15, 0.2) is 0 Å². The minimum atomic E-state index is -0.125. The number of rotatable bonds is 7. The van der Waals surface area contributed by atoms with Crippen molar-refractivity contribution in [2.45, 2.75) is 26.2 Å². The Bertz CT molecular complexity index is 415. The average Bonchev–Trinajstić information content (AvgIpc) is 2.36. The monoisotopic (exact) mass is 264 g/mol. The summed E-state index contributed by atoms with van der Waals surface area (Å²) < 4.78 is 0. The van der Waals surface area contributed by atoms with Gasteiger partial charge in [-0.15, -0.1) is 0 Å². The maximum absolute atomic E-state index is 11.4. The Morgan fingerprint density at radius 2 is 1.79 bits per heavy atom. The van der Waals surface area contributed by atoms with Gasteiger partial charge in [0.05, 0.1) is 0 Å². The third kappa shape index (κ3) is 7.08. The number of amides is 2. The summed E-state index contributed by atoms with van der Waals surface area (Å²) >= 11 is 0. The molecule has 19 heavy (non-hydrogen) atoms. The van der Waals surface area contributed by atoms with Crippen LogP contribution < -0.4 is 10.6 Å². The lowest BCUT2D eigenvalue weighted by atomic mass is 10.1. The summed E-state index contributed by atoms with van der Waals surface area (Å²) in [7, 11) is 0. The normalized spacial score (nSPS) is 9.95. The van der Waals surface area contributed by atoms with Crippen molar-refractivity contribution in [2.75, 3.05) is 13.1 Å². The lowest BCUT2D eigenvalue weighted by Crippen LogP contribution is -2.30. The van der Waals surface area contributed by atoms with Gasteiger partial charge in [0.2, 0.25) is 11.8 Å². The summed E-state index contributed by atoms with van der Waals surface area (Å²) in [5.41, 5.74) is 1.13. The van der Waals surface area contributed by atoms with Crippen molar-refractivity contribution in [2.24, 2.45) is 0 Å². The van der Waals surface area contributed by atoms with Gasteiger partial charge in [-0.25, -0.2) is 0 Å². The van der Waals surface area contributed by atoms with Crippen molar-refractivity contribution in [1.82, 2.24) is 10.6 Å². The Balaban J connectivity index is 2.08. The number of aromatic hydroxyl groups is 1. The largest absolute Gasteiger partial charge is 0.508 e. The van der Waals surface area contributed by atoms with Gasteiger partial charge in [-0.2, -0.15) is 0 Å². The van der Waals surface area contributed by atoms with Crippen LogP contribution in [0.2, 0.25) is 0 Å². The summed E-state index contributed by atoms with van der Waals surface area (Å²) in [6.45, 7) is 2.41. The minimum absolute atomic E-state index is 0.0561. The van der Waals surface area contributed by atoms with E-state index in [0.29, 0.717) is 19.5 Å². The molecule has 0 heterocycles. The van der Waals surface area contributed by atoms with Crippen LogP contribution in [0.4, 0.5) is 0 Å². The maximum atomic E-state index is 11.4. The second-order valence-corrected chi connectivity index (χ2v) is 4.35. The fraction of sp³-hybridized carbons (Fsp3) is 0.429. The van der Waals surface area contributed by atoms with Crippen LogP contribution in [0.15, 0.2) is 24.3 Å². The van der Waals surface area contributed by atoms with E-state index in [-0.39, 0.29) is 17.6 Å². The van der Waals surface area contributed by atoms with Crippen LogP contribution in [0.3, 0.4) is 0 Å². The molecule has 0 aliphatic heterocycles. The molecule has 0 aliphatic rings. The smallest absolute Gasteiger partial charge is 0.221 e. The van der Waals surface area contributed by atoms with E-state index in [1.165, 1.54) is 6.92 Å². The molecule has 0 spiro atoms. The highest BCUT2D eigenvalue weighted by molar-refractivity contribution is 5.77. The third-order valence-electron chi connectivity index (χ3n) is 2.63. The van der Waals surface area contributed by atoms with Gasteiger partial charge >= 0.3 is 0 Å². The molecule has 0 atom stereocenters. The average molecular weight is 264 g/mol. The van der Waals surface area contributed by atoms with Crippen LogP contribution >= 0.6 is 0 Å². The number of phenolic OH excluding ortho intramolecular Hbond substituents is 1. The highest BCUT2D eigenvalue weighted by Crippen LogP contribution is 2.10. The second-order valence-electron chi connectivity index (χ2n) is 4.35. The fourth-order valence-corrected chi connectivity index (χ4v) is 1.62. The number of aryl methyl sites for hydroxylation is 1. The van der Waals surface area contributed by atoms with Gasteiger partial charge in [0.1, 0.15) is 5.75 Å². The van der Waals surface area contributed by atoms with Crippen LogP contribution in [0.1, 0.15) is 25.3 Å². The zero-order chi connectivity index (χ0) is 14.1. The van der Waals surface area contributed by atoms with Gasteiger partial charge in [-0.3, -0.25) is 9.59 Å². The predicted octanol–water partition coefficient (Wildman–Crippen LogP) is 0.967. The van der Waals surface area contributed by atoms with Gasteiger partial charge in [-0.05, 0) is 30.5 Å². The number of hydrogen-bond acceptors (Lipinski definition) is 3. The van der Waals surface area contributed by atoms with Gasteiger partial charge in [0.25, 0.3) is 0 Å². The van der Waals surface area contributed by atoms with Crippen molar-refractivity contribution in [1.29, 1.82) is 0 Å². The zero-order valence-electron chi connectivity index (χ0n) is 11.1. The quantitative estimate of drug-likeness (QED) is 0.642. The molecule has 0 radical (unpaired) electrons. The molecule has 0 bridgehead atoms. The molecule has 1 rings (SSSR count). The van der Waals surface area contributed by atoms with Crippen molar-refractivity contribution < 1.29 is 14.7 Å². The molecule has 0 saturated heterocycles. The standard InChI is InChI=1S/C14H20N2O3/c1-11(17)15-10-8-14(19)16-9-2-3-12-4-6-13(18)7-5-12/h4-7,18H,2-3,8-10H2,1H3,(H,15,17)(H,16,19). The Hall–Kier alpha value is -2.04. The molecular formula is C14H20N2O3. The molecule has 1 aromatic rings. The second kappa shape index (κ2) is 8.13. The first-order valence-electron chi connectivity index (χ1n) is 6.37. The number of carbonyl (C=O) groups excluding carboxylic acids is 2. The fourth-order valence-electron chi connectivity index (χ4n) is 1.62. The Morgan fingerprint density at radius 1 is 1.11 bits per heavy atom. The number of benzene rings is 1. The van der Waals surface area contributed by atoms with Crippen molar-refractivity contribution in [3.05, 3.63) is 29.8 Å². The molecule has 5 nitrogen and oxygen atoms in total. The van der Waals surface area contributed by atoms with Crippen molar-refractivity contribution in [3.63, 3.8) is 0 Å². The van der Waals surface area contributed by atoms with Crippen LogP contribution in [-0.2, 0) is 16.0 Å². The number of carbonyl (C=O) groups is 2. The van der Waals surface area contributed by atoms with Crippen LogP contribution in [0.25, 0.3) is 0 Å². The topological polar surface area (TPSA) is 78.4 Å². The van der Waals surface area contributed by atoms with Crippen molar-refractivity contribution >= 4 is 11.8 Å². The van der Waals surface area contributed by atoms with E-state index in [1.807, 2.05) is 12.1 Å². The van der Waals surface area contributed by atoms with E-state index in [1.54, 1.807) is 12.1 Å². The highest BCUT2D eigenvalue weighted by Gasteiger charge is 2.01. The van der Waals surface area contributed by atoms with Crippen LogP contribution in [0.5, 0.6) is 5.75 Å². The van der Waals surface area contributed by atoms with Crippen LogP contribution in [-0.4, -0.2) is 30.0 Å². The van der Waals surface area contributed by atoms with Crippen LogP contribution in [0, 0.1) is 0 Å². The SMILES string of the molecule is CC(=O)NCCC(=O)NCCCc1ccc(O)cc1. The van der Waals surface area contributed by atoms with E-state index >= 15 is 0 Å². The zero-order valence-corrected chi connectivity index (χ0v) is 11.1. The molecule has 2 amide bonds. The van der Waals surface area contributed by atoms with Crippen molar-refractivity contribution in [3.8, 4) is 5.75 Å². The lowest BCUT2D eigenvalue weighted by molar-refractivity contribution is -0.121. The Morgan fingerprint density at radius 3 is 2.42 bits per heavy atom. The summed E-state index contributed by atoms with van der Waals surface area (Å²) in [6.07, 6.45) is 2.00. The molecule has 1 aromatic carbocycles. The molecule has 0 fully saturated rings. The van der Waals surface area contributed by atoms with E-state index in [9.17, 15) is 9.59 Å². The van der Waals surface area contributed by atoms with Gasteiger partial charge < -0.3 is 15.7 Å². The summed E-state index contributed by atoms with van der Waals surface area (Å²) in [5.74, 6) is 0.0783. The molecule has 0 aliphatic carbocycles. The predicted molar refractivity (Wildman–Crippen MR) is 72.7 cm³/mol. The molecule has 0 saturated carbocycles. The number of hydrogen-bond donors (Lipinski definition) is 3. The molecule has 5 heteroatoms. The van der Waals surface area contributed by atoms with E-state index in [2.05, 4.69) is 10.6 Å².